The second kappa shape index (κ2) is 8.52. The Labute approximate surface area is 95.7 Å². The van der Waals surface area contributed by atoms with Gasteiger partial charge >= 0.3 is 0 Å². The molecule has 86 valence electrons. The van der Waals surface area contributed by atoms with Crippen LogP contribution >= 0.6 is 0 Å². The van der Waals surface area contributed by atoms with Crippen molar-refractivity contribution in [2.75, 3.05) is 0 Å². The zero-order valence-corrected chi connectivity index (χ0v) is 11.0. The first-order valence-corrected chi connectivity index (χ1v) is 6.16. The molecule has 0 aliphatic rings. The first-order chi connectivity index (χ1) is 7.11. The van der Waals surface area contributed by atoms with Gasteiger partial charge in [0.15, 0.2) is 0 Å². The first-order valence-electron chi connectivity index (χ1n) is 6.16. The zero-order chi connectivity index (χ0) is 11.7. The van der Waals surface area contributed by atoms with E-state index in [1.165, 1.54) is 18.4 Å². The monoisotopic (exact) mass is 206 g/mol. The van der Waals surface area contributed by atoms with Crippen molar-refractivity contribution in [3.63, 3.8) is 0 Å². The smallest absolute Gasteiger partial charge is 0.0219 e. The van der Waals surface area contributed by atoms with Gasteiger partial charge in [0.25, 0.3) is 0 Å². The summed E-state index contributed by atoms with van der Waals surface area (Å²) in [6.07, 6.45) is 2.66. The Hall–Kier alpha value is -0.780. The van der Waals surface area contributed by atoms with E-state index in [2.05, 4.69) is 58.9 Å². The average molecular weight is 206 g/mol. The van der Waals surface area contributed by atoms with Crippen LogP contribution in [0.1, 0.15) is 58.9 Å². The second-order valence-corrected chi connectivity index (χ2v) is 4.49. The molecular formula is C15H26. The highest BCUT2D eigenvalue weighted by molar-refractivity contribution is 5.17. The molecule has 15 heavy (non-hydrogen) atoms. The first kappa shape index (κ1) is 14.2. The molecule has 0 aromatic heterocycles. The van der Waals surface area contributed by atoms with E-state index >= 15 is 0 Å². The largest absolute Gasteiger partial charge is 0.0651 e. The van der Waals surface area contributed by atoms with Crippen molar-refractivity contribution in [3.8, 4) is 0 Å². The van der Waals surface area contributed by atoms with Crippen LogP contribution in [0.15, 0.2) is 30.3 Å². The molecule has 0 bridgehead atoms. The summed E-state index contributed by atoms with van der Waals surface area (Å²) in [4.78, 5) is 0. The van der Waals surface area contributed by atoms with Gasteiger partial charge < -0.3 is 0 Å². The van der Waals surface area contributed by atoms with E-state index < -0.39 is 0 Å². The normalized spacial score (nSPS) is 10.1. The molecule has 0 fully saturated rings. The topological polar surface area (TPSA) is 0 Å². The Morgan fingerprint density at radius 2 is 1.33 bits per heavy atom. The predicted octanol–water partition coefficient (Wildman–Crippen LogP) is 5.25. The van der Waals surface area contributed by atoms with E-state index in [0.29, 0.717) is 5.92 Å². The summed E-state index contributed by atoms with van der Waals surface area (Å²) in [5.41, 5.74) is 1.41. The van der Waals surface area contributed by atoms with Crippen LogP contribution in [0.5, 0.6) is 0 Å². The van der Waals surface area contributed by atoms with Crippen molar-refractivity contribution in [1.82, 2.24) is 0 Å². The summed E-state index contributed by atoms with van der Waals surface area (Å²) < 4.78 is 0. The minimum absolute atomic E-state index is 0.659. The molecule has 0 saturated heterocycles. The van der Waals surface area contributed by atoms with E-state index in [9.17, 15) is 0 Å². The van der Waals surface area contributed by atoms with Crippen molar-refractivity contribution in [2.45, 2.75) is 53.4 Å². The summed E-state index contributed by atoms with van der Waals surface area (Å²) >= 11 is 0. The summed E-state index contributed by atoms with van der Waals surface area (Å²) in [7, 11) is 0. The molecule has 0 aliphatic heterocycles. The molecular weight excluding hydrogens is 180 g/mol. The SMILES string of the molecule is CC(C)c1ccccc1.CCC(C)CC. The van der Waals surface area contributed by atoms with Gasteiger partial charge in [-0.25, -0.2) is 0 Å². The lowest BCUT2D eigenvalue weighted by Gasteiger charge is -2.01. The lowest BCUT2D eigenvalue weighted by atomic mass is 10.0. The minimum atomic E-state index is 0.659. The molecule has 0 unspecified atom stereocenters. The molecule has 1 aromatic rings. The molecule has 1 rings (SSSR count). The van der Waals surface area contributed by atoms with E-state index in [4.69, 9.17) is 0 Å². The second-order valence-electron chi connectivity index (χ2n) is 4.49. The molecule has 0 atom stereocenters. The van der Waals surface area contributed by atoms with Crippen LogP contribution in [0.3, 0.4) is 0 Å². The summed E-state index contributed by atoms with van der Waals surface area (Å²) in [6, 6.07) is 10.5. The molecule has 1 aromatic carbocycles. The van der Waals surface area contributed by atoms with Crippen molar-refractivity contribution in [1.29, 1.82) is 0 Å². The number of hydrogen-bond donors (Lipinski definition) is 0. The molecule has 0 heteroatoms. The third-order valence-corrected chi connectivity index (χ3v) is 2.86. The molecule has 0 heterocycles. The van der Waals surface area contributed by atoms with E-state index in [1.807, 2.05) is 6.07 Å². The van der Waals surface area contributed by atoms with Crippen LogP contribution < -0.4 is 0 Å². The van der Waals surface area contributed by atoms with Crippen LogP contribution in [-0.4, -0.2) is 0 Å². The Bertz CT molecular complexity index is 219. The molecule has 0 spiro atoms. The van der Waals surface area contributed by atoms with Crippen molar-refractivity contribution < 1.29 is 0 Å². The highest BCUT2D eigenvalue weighted by Crippen LogP contribution is 2.11. The van der Waals surface area contributed by atoms with Crippen molar-refractivity contribution in [3.05, 3.63) is 35.9 Å². The Morgan fingerprint density at radius 3 is 1.53 bits per heavy atom. The highest BCUT2D eigenvalue weighted by Gasteiger charge is 1.93. The molecule has 0 aliphatic carbocycles. The Morgan fingerprint density at radius 1 is 0.867 bits per heavy atom. The fourth-order valence-electron chi connectivity index (χ4n) is 1.13. The zero-order valence-electron chi connectivity index (χ0n) is 11.0. The van der Waals surface area contributed by atoms with E-state index in [-0.39, 0.29) is 0 Å². The lowest BCUT2D eigenvalue weighted by Crippen LogP contribution is -1.85. The van der Waals surface area contributed by atoms with E-state index in [0.717, 1.165) is 5.92 Å². The fourth-order valence-corrected chi connectivity index (χ4v) is 1.13. The molecule has 0 saturated carbocycles. The maximum atomic E-state index is 2.28. The van der Waals surface area contributed by atoms with Crippen LogP contribution in [-0.2, 0) is 0 Å². The quantitative estimate of drug-likeness (QED) is 0.633. The van der Waals surface area contributed by atoms with Gasteiger partial charge in [0.2, 0.25) is 0 Å². The van der Waals surface area contributed by atoms with Gasteiger partial charge in [-0.2, -0.15) is 0 Å². The lowest BCUT2D eigenvalue weighted by molar-refractivity contribution is 0.544. The third-order valence-electron chi connectivity index (χ3n) is 2.86. The summed E-state index contributed by atoms with van der Waals surface area (Å²) in [5.74, 6) is 1.59. The summed E-state index contributed by atoms with van der Waals surface area (Å²) in [5, 5.41) is 0. The van der Waals surface area contributed by atoms with Gasteiger partial charge in [0.1, 0.15) is 0 Å². The van der Waals surface area contributed by atoms with Crippen LogP contribution in [0.2, 0.25) is 0 Å². The predicted molar refractivity (Wildman–Crippen MR) is 70.3 cm³/mol. The van der Waals surface area contributed by atoms with Crippen LogP contribution in [0, 0.1) is 5.92 Å². The van der Waals surface area contributed by atoms with Gasteiger partial charge in [0, 0.05) is 0 Å². The fraction of sp³-hybridized carbons (Fsp3) is 0.600. The number of hydrogen-bond acceptors (Lipinski definition) is 0. The molecule has 0 N–H and O–H groups in total. The maximum absolute atomic E-state index is 2.28. The maximum Gasteiger partial charge on any atom is -0.0219 e. The van der Waals surface area contributed by atoms with E-state index in [1.54, 1.807) is 0 Å². The average Bonchev–Trinajstić information content (AvgIpc) is 2.30. The molecule has 0 amide bonds. The van der Waals surface area contributed by atoms with Gasteiger partial charge in [-0.15, -0.1) is 0 Å². The van der Waals surface area contributed by atoms with Crippen LogP contribution in [0.25, 0.3) is 0 Å². The summed E-state index contributed by atoms with van der Waals surface area (Å²) in [6.45, 7) is 11.1. The highest BCUT2D eigenvalue weighted by atomic mass is 14.0. The van der Waals surface area contributed by atoms with Crippen LogP contribution in [0.4, 0.5) is 0 Å². The van der Waals surface area contributed by atoms with Gasteiger partial charge in [-0.1, -0.05) is 77.8 Å². The third kappa shape index (κ3) is 7.18. The Balaban J connectivity index is 0.000000288. The Kier molecular flexibility index (Phi) is 8.08. The van der Waals surface area contributed by atoms with Crippen molar-refractivity contribution >= 4 is 0 Å². The van der Waals surface area contributed by atoms with Gasteiger partial charge in [-0.05, 0) is 17.4 Å². The number of rotatable bonds is 3. The van der Waals surface area contributed by atoms with Gasteiger partial charge in [0.05, 0.1) is 0 Å². The molecule has 0 nitrogen and oxygen atoms in total. The van der Waals surface area contributed by atoms with Crippen molar-refractivity contribution in [2.24, 2.45) is 5.92 Å². The minimum Gasteiger partial charge on any atom is -0.0651 e. The standard InChI is InChI=1S/C9H12.C6H14/c1-8(2)9-6-4-3-5-7-9;1-4-6(3)5-2/h3-8H,1-2H3;6H,4-5H2,1-3H3. The molecule has 0 radical (unpaired) electrons. The van der Waals surface area contributed by atoms with Gasteiger partial charge in [-0.3, -0.25) is 0 Å². The number of benzene rings is 1.